The normalized spacial score (nSPS) is 10.2. The van der Waals surface area contributed by atoms with Gasteiger partial charge in [-0.25, -0.2) is 0 Å². The Morgan fingerprint density at radius 3 is 1.41 bits per heavy atom. The van der Waals surface area contributed by atoms with Crippen molar-refractivity contribution in [1.29, 1.82) is 0 Å². The molecule has 0 aliphatic heterocycles. The van der Waals surface area contributed by atoms with Crippen molar-refractivity contribution in [2.75, 3.05) is 17.2 Å². The van der Waals surface area contributed by atoms with Crippen LogP contribution in [0.2, 0.25) is 0 Å². The molecule has 3 aromatic rings. The van der Waals surface area contributed by atoms with Crippen molar-refractivity contribution in [3.8, 4) is 6.01 Å². The molecule has 0 fully saturated rings. The molecule has 0 amide bonds. The van der Waals surface area contributed by atoms with E-state index < -0.39 is 35.0 Å². The first-order valence-corrected chi connectivity index (χ1v) is 12.0. The molecule has 0 bridgehead atoms. The van der Waals surface area contributed by atoms with Gasteiger partial charge in [0.15, 0.2) is 0 Å². The van der Waals surface area contributed by atoms with E-state index in [-0.39, 0.29) is 29.0 Å². The number of nitrogens with one attached hydrogen (secondary N) is 2. The van der Waals surface area contributed by atoms with Gasteiger partial charge in [0.25, 0.3) is 0 Å². The smallest absolute Gasteiger partial charge is 0.323 e. The fourth-order valence-electron chi connectivity index (χ4n) is 3.16. The van der Waals surface area contributed by atoms with Crippen LogP contribution in [0.5, 0.6) is 6.01 Å². The van der Waals surface area contributed by atoms with Gasteiger partial charge in [0.05, 0.1) is 30.5 Å². The second-order valence-corrected chi connectivity index (χ2v) is 8.23. The van der Waals surface area contributed by atoms with Crippen LogP contribution in [0.4, 0.5) is 23.3 Å². The van der Waals surface area contributed by atoms with Crippen molar-refractivity contribution in [3.63, 3.8) is 0 Å². The van der Waals surface area contributed by atoms with E-state index in [1.165, 1.54) is 48.5 Å². The molecule has 2 N–H and O–H groups in total. The van der Waals surface area contributed by atoms with Crippen molar-refractivity contribution < 1.29 is 44.3 Å². The zero-order valence-electron chi connectivity index (χ0n) is 21.4. The van der Waals surface area contributed by atoms with Gasteiger partial charge in [-0.15, -0.1) is 0 Å². The molecule has 0 aliphatic rings. The number of nitrogens with zero attached hydrogens (tertiary/aromatic N) is 3. The lowest BCUT2D eigenvalue weighted by Gasteiger charge is -2.12. The predicted molar refractivity (Wildman–Crippen MR) is 136 cm³/mol. The summed E-state index contributed by atoms with van der Waals surface area (Å²) in [4.78, 5) is 56.5. The molecule has 0 aliphatic carbocycles. The van der Waals surface area contributed by atoms with Crippen molar-refractivity contribution in [3.05, 3.63) is 70.8 Å². The molecule has 0 saturated heterocycles. The number of carboxylic acid groups (broad SMARTS) is 4. The molecule has 0 saturated carbocycles. The molecule has 1 aromatic heterocycles. The van der Waals surface area contributed by atoms with Crippen LogP contribution in [-0.2, 0) is 19.2 Å². The number of carboxylic acids is 4. The summed E-state index contributed by atoms with van der Waals surface area (Å²) in [5.74, 6) is -7.35. The maximum Gasteiger partial charge on any atom is 0.323 e. The summed E-state index contributed by atoms with van der Waals surface area (Å²) in [6.45, 7) is 2.33. The minimum atomic E-state index is -1.88. The molecule has 41 heavy (non-hydrogen) atoms. The van der Waals surface area contributed by atoms with Gasteiger partial charge in [0.2, 0.25) is 11.9 Å². The zero-order valence-corrected chi connectivity index (χ0v) is 21.4. The summed E-state index contributed by atoms with van der Waals surface area (Å²) in [5, 5.41) is 49.7. The molecule has 3 rings (SSSR count). The van der Waals surface area contributed by atoms with Crippen molar-refractivity contribution in [1.82, 2.24) is 15.0 Å². The number of aromatic nitrogens is 3. The van der Waals surface area contributed by atoms with E-state index in [4.69, 9.17) is 4.74 Å². The van der Waals surface area contributed by atoms with Gasteiger partial charge in [-0.1, -0.05) is 37.6 Å². The van der Waals surface area contributed by atoms with Crippen LogP contribution in [0.3, 0.4) is 0 Å². The van der Waals surface area contributed by atoms with Crippen molar-refractivity contribution in [2.45, 2.75) is 19.8 Å². The Labute approximate surface area is 232 Å². The van der Waals surface area contributed by atoms with Crippen molar-refractivity contribution >= 4 is 59.3 Å². The average molecular weight is 559 g/mol. The van der Waals surface area contributed by atoms with Gasteiger partial charge in [-0.3, -0.25) is 0 Å². The summed E-state index contributed by atoms with van der Waals surface area (Å²) >= 11 is 0. The lowest BCUT2D eigenvalue weighted by atomic mass is 10.1. The predicted octanol–water partition coefficient (Wildman–Crippen LogP) is -1.70. The van der Waals surface area contributed by atoms with Crippen LogP contribution in [0.25, 0.3) is 12.2 Å². The highest BCUT2D eigenvalue weighted by Crippen LogP contribution is 2.21. The maximum absolute atomic E-state index is 10.9. The van der Waals surface area contributed by atoms with E-state index in [1.54, 1.807) is 0 Å². The number of benzene rings is 2. The standard InChI is InChI=1S/C27H25N5O9/c1-2-3-12-41-27-31-25(28-17-8-4-15(5-9-17)13-19(21(33)34)22(35)36)30-26(32-27)29-18-10-6-16(7-11-18)14-20(23(37)38)24(39)40/h4-11,13-14H,2-3,12H2,1H3,(H,33,34)(H,35,36)(H,37,38)(H,39,40)(H2,28,29,30,31,32)/p-4. The highest BCUT2D eigenvalue weighted by molar-refractivity contribution is 6.15. The summed E-state index contributed by atoms with van der Waals surface area (Å²) in [5.41, 5.74) is -0.537. The monoisotopic (exact) mass is 559 g/mol. The highest BCUT2D eigenvalue weighted by Gasteiger charge is 2.10. The van der Waals surface area contributed by atoms with Crippen LogP contribution in [0.15, 0.2) is 59.7 Å². The molecular formula is C27H21N5O9-4. The maximum atomic E-state index is 10.9. The number of rotatable bonds is 14. The fraction of sp³-hybridized carbons (Fsp3) is 0.148. The number of unbranched alkanes of at least 4 members (excludes halogenated alkanes) is 1. The third kappa shape index (κ3) is 8.88. The Morgan fingerprint density at radius 2 is 1.07 bits per heavy atom. The van der Waals surface area contributed by atoms with Crippen LogP contribution < -0.4 is 35.8 Å². The second-order valence-electron chi connectivity index (χ2n) is 8.23. The molecule has 14 heteroatoms. The lowest BCUT2D eigenvalue weighted by molar-refractivity contribution is -0.314. The third-order valence-electron chi connectivity index (χ3n) is 5.18. The Bertz CT molecular complexity index is 1360. The Hall–Kier alpha value is -5.79. The molecule has 0 atom stereocenters. The number of ether oxygens (including phenoxy) is 1. The van der Waals surface area contributed by atoms with E-state index in [2.05, 4.69) is 25.6 Å². The van der Waals surface area contributed by atoms with Crippen LogP contribution >= 0.6 is 0 Å². The van der Waals surface area contributed by atoms with Gasteiger partial charge in [0, 0.05) is 22.5 Å². The first kappa shape index (κ1) is 29.8. The number of hydrogen-bond donors (Lipinski definition) is 2. The number of aliphatic carboxylic acids is 4. The first-order chi connectivity index (χ1) is 19.5. The number of carbonyl (C=O) groups is 4. The minimum Gasteiger partial charge on any atom is -0.545 e. The molecule has 14 nitrogen and oxygen atoms in total. The SMILES string of the molecule is CCCCOc1nc(Nc2ccc(C=C(C(=O)[O-])C(=O)[O-])cc2)nc(Nc2ccc(C=C(C(=O)[O-])C(=O)[O-])cc2)n1. The Kier molecular flexibility index (Phi) is 10.0. The van der Waals surface area contributed by atoms with Gasteiger partial charge in [-0.05, 0) is 54.0 Å². The topological polar surface area (TPSA) is 232 Å². The number of hydrogen-bond acceptors (Lipinski definition) is 14. The summed E-state index contributed by atoms with van der Waals surface area (Å²) in [6, 6.07) is 11.9. The van der Waals surface area contributed by atoms with Gasteiger partial charge in [-0.2, -0.15) is 15.0 Å². The molecule has 1 heterocycles. The van der Waals surface area contributed by atoms with E-state index in [0.717, 1.165) is 25.0 Å². The number of carbonyl (C=O) groups excluding carboxylic acids is 4. The van der Waals surface area contributed by atoms with Crippen LogP contribution in [0.1, 0.15) is 30.9 Å². The Balaban J connectivity index is 1.83. The largest absolute Gasteiger partial charge is 0.545 e. The van der Waals surface area contributed by atoms with E-state index >= 15 is 0 Å². The van der Waals surface area contributed by atoms with Crippen LogP contribution in [-0.4, -0.2) is 45.4 Å². The highest BCUT2D eigenvalue weighted by atomic mass is 16.5. The van der Waals surface area contributed by atoms with Crippen molar-refractivity contribution in [2.24, 2.45) is 0 Å². The van der Waals surface area contributed by atoms with E-state index in [9.17, 15) is 39.6 Å². The van der Waals surface area contributed by atoms with Crippen LogP contribution in [0, 0.1) is 0 Å². The van der Waals surface area contributed by atoms with Gasteiger partial charge < -0.3 is 55.0 Å². The quantitative estimate of drug-likeness (QED) is 0.0970. The molecule has 0 unspecified atom stereocenters. The second kappa shape index (κ2) is 13.8. The summed E-state index contributed by atoms with van der Waals surface area (Å²) in [6.07, 6.45) is 3.43. The molecule has 212 valence electrons. The third-order valence-corrected chi connectivity index (χ3v) is 5.18. The van der Waals surface area contributed by atoms with Gasteiger partial charge in [0.1, 0.15) is 0 Å². The molecule has 0 spiro atoms. The van der Waals surface area contributed by atoms with E-state index in [0.29, 0.717) is 18.0 Å². The Morgan fingerprint density at radius 1 is 0.683 bits per heavy atom. The molecule has 0 radical (unpaired) electrons. The molecular weight excluding hydrogens is 538 g/mol. The minimum absolute atomic E-state index is 0.0117. The van der Waals surface area contributed by atoms with Gasteiger partial charge >= 0.3 is 6.01 Å². The molecule has 2 aromatic carbocycles. The number of anilines is 4. The average Bonchev–Trinajstić information content (AvgIpc) is 2.91. The summed E-state index contributed by atoms with van der Waals surface area (Å²) < 4.78 is 5.61. The van der Waals surface area contributed by atoms with E-state index in [1.807, 2.05) is 6.92 Å². The zero-order chi connectivity index (χ0) is 29.9. The fourth-order valence-corrected chi connectivity index (χ4v) is 3.16. The first-order valence-electron chi connectivity index (χ1n) is 12.0. The lowest BCUT2D eigenvalue weighted by Crippen LogP contribution is -2.36. The summed E-state index contributed by atoms with van der Waals surface area (Å²) in [7, 11) is 0.